The fraction of sp³-hybridized carbons (Fsp3) is 0.250. The van der Waals surface area contributed by atoms with Gasteiger partial charge in [-0.1, -0.05) is 18.2 Å². The van der Waals surface area contributed by atoms with E-state index in [4.69, 9.17) is 21.4 Å². The van der Waals surface area contributed by atoms with Crippen molar-refractivity contribution in [3.63, 3.8) is 0 Å². The topological polar surface area (TPSA) is 70.8 Å². The minimum absolute atomic E-state index is 0.136. The summed E-state index contributed by atoms with van der Waals surface area (Å²) in [6.07, 6.45) is -4.22. The van der Waals surface area contributed by atoms with Gasteiger partial charge in [-0.15, -0.1) is 0 Å². The average Bonchev–Trinajstić information content (AvgIpc) is 3.27. The molecule has 0 radical (unpaired) electrons. The first-order chi connectivity index (χ1) is 17.0. The van der Waals surface area contributed by atoms with Crippen LogP contribution < -0.4 is 4.74 Å². The fourth-order valence-corrected chi connectivity index (χ4v) is 3.97. The number of aromatic nitrogens is 2. The summed E-state index contributed by atoms with van der Waals surface area (Å²) < 4.78 is 60.3. The Kier molecular flexibility index (Phi) is 7.23. The third-order valence-electron chi connectivity index (χ3n) is 5.61. The Morgan fingerprint density at radius 3 is 2.33 bits per heavy atom. The number of carboxylic acids is 1. The lowest BCUT2D eigenvalue weighted by molar-refractivity contribution is -0.138. The van der Waals surface area contributed by atoms with E-state index in [-0.39, 0.29) is 5.82 Å². The summed E-state index contributed by atoms with van der Waals surface area (Å²) in [7, 11) is 0. The van der Waals surface area contributed by atoms with Crippen molar-refractivity contribution in [2.45, 2.75) is 12.7 Å². The molecular formula is C24H21ClF4N4O3. The molecule has 0 aliphatic carbocycles. The predicted molar refractivity (Wildman–Crippen MR) is 124 cm³/mol. The summed E-state index contributed by atoms with van der Waals surface area (Å²) in [5.74, 6) is -1.23. The van der Waals surface area contributed by atoms with Crippen molar-refractivity contribution < 1.29 is 32.2 Å². The van der Waals surface area contributed by atoms with Crippen LogP contribution in [0.5, 0.6) is 11.5 Å². The first-order valence-corrected chi connectivity index (χ1v) is 11.2. The zero-order chi connectivity index (χ0) is 26.0. The molecule has 2 heterocycles. The molecule has 1 saturated heterocycles. The Balaban J connectivity index is 1.39. The maximum absolute atomic E-state index is 14.2. The lowest BCUT2D eigenvalue weighted by atomic mass is 10.1. The lowest BCUT2D eigenvalue weighted by Gasteiger charge is -2.36. The number of benzene rings is 2. The van der Waals surface area contributed by atoms with Crippen LogP contribution in [0, 0.1) is 5.82 Å². The largest absolute Gasteiger partial charge is 0.476 e. The summed E-state index contributed by atoms with van der Waals surface area (Å²) in [6, 6.07) is 11.1. The van der Waals surface area contributed by atoms with Crippen LogP contribution in [0.1, 0.15) is 21.6 Å². The van der Waals surface area contributed by atoms with E-state index in [9.17, 15) is 22.4 Å². The van der Waals surface area contributed by atoms with Crippen molar-refractivity contribution in [2.24, 2.45) is 0 Å². The third-order valence-corrected chi connectivity index (χ3v) is 5.86. The molecule has 0 bridgehead atoms. The van der Waals surface area contributed by atoms with Gasteiger partial charge in [-0.2, -0.15) is 18.3 Å². The number of ether oxygens (including phenoxy) is 1. The number of piperazine rings is 1. The number of rotatable bonds is 7. The molecule has 0 spiro atoms. The first-order valence-electron chi connectivity index (χ1n) is 10.8. The maximum Gasteiger partial charge on any atom is 0.420 e. The quantitative estimate of drug-likeness (QED) is 0.416. The van der Waals surface area contributed by atoms with Crippen LogP contribution >= 0.6 is 11.6 Å². The van der Waals surface area contributed by atoms with Crippen molar-refractivity contribution in [1.29, 1.82) is 0 Å². The number of hydrogen-bond donors (Lipinski definition) is 1. The minimum atomic E-state index is -4.86. The van der Waals surface area contributed by atoms with Gasteiger partial charge in [0.1, 0.15) is 28.7 Å². The standard InChI is InChI=1S/C24H21ClF4N4O3/c1-15(33-14-21(24(27,28)29)22(30-33)23(34)35)32-8-6-31(7-9-32)13-16-10-18(26)12-20(11-16)36-19-4-2-17(25)3-5-19/h2-5,10-12,14H,1,6-9,13H2,(H,34,35). The molecule has 1 fully saturated rings. The molecule has 190 valence electrons. The van der Waals surface area contributed by atoms with E-state index in [1.54, 1.807) is 35.2 Å². The third kappa shape index (κ3) is 5.97. The second-order valence-corrected chi connectivity index (χ2v) is 8.61. The van der Waals surface area contributed by atoms with E-state index < -0.39 is 29.2 Å². The molecule has 0 unspecified atom stereocenters. The van der Waals surface area contributed by atoms with Crippen molar-refractivity contribution in [3.8, 4) is 11.5 Å². The summed E-state index contributed by atoms with van der Waals surface area (Å²) in [4.78, 5) is 15.0. The van der Waals surface area contributed by atoms with Gasteiger partial charge in [0, 0.05) is 50.0 Å². The zero-order valence-corrected chi connectivity index (χ0v) is 19.6. The smallest absolute Gasteiger partial charge is 0.420 e. The van der Waals surface area contributed by atoms with Gasteiger partial charge in [0.25, 0.3) is 0 Å². The Morgan fingerprint density at radius 1 is 1.08 bits per heavy atom. The van der Waals surface area contributed by atoms with Gasteiger partial charge in [-0.3, -0.25) is 4.90 Å². The van der Waals surface area contributed by atoms with Gasteiger partial charge < -0.3 is 14.7 Å². The number of aromatic carboxylic acids is 1. The number of carbonyl (C=O) groups is 1. The van der Waals surface area contributed by atoms with Gasteiger partial charge in [0.15, 0.2) is 5.69 Å². The summed E-state index contributed by atoms with van der Waals surface area (Å²) in [6.45, 7) is 6.07. The molecule has 1 N–H and O–H groups in total. The van der Waals surface area contributed by atoms with E-state index in [2.05, 4.69) is 16.6 Å². The van der Waals surface area contributed by atoms with Gasteiger partial charge in [0.2, 0.25) is 0 Å². The lowest BCUT2D eigenvalue weighted by Crippen LogP contribution is -2.45. The highest BCUT2D eigenvalue weighted by molar-refractivity contribution is 6.30. The van der Waals surface area contributed by atoms with Crippen molar-refractivity contribution >= 4 is 23.4 Å². The Hall–Kier alpha value is -3.57. The van der Waals surface area contributed by atoms with Gasteiger partial charge >= 0.3 is 12.1 Å². The molecular weight excluding hydrogens is 504 g/mol. The summed E-state index contributed by atoms with van der Waals surface area (Å²) in [5, 5.41) is 13.2. The summed E-state index contributed by atoms with van der Waals surface area (Å²) >= 11 is 5.87. The molecule has 4 rings (SSSR count). The van der Waals surface area contributed by atoms with Crippen LogP contribution in [0.15, 0.2) is 55.2 Å². The monoisotopic (exact) mass is 524 g/mol. The maximum atomic E-state index is 14.2. The van der Waals surface area contributed by atoms with Gasteiger partial charge in [0.05, 0.1) is 0 Å². The number of alkyl halides is 3. The molecule has 7 nitrogen and oxygen atoms in total. The van der Waals surface area contributed by atoms with Crippen LogP contribution in [0.3, 0.4) is 0 Å². The zero-order valence-electron chi connectivity index (χ0n) is 18.8. The van der Waals surface area contributed by atoms with Crippen LogP contribution in [-0.2, 0) is 12.7 Å². The molecule has 1 aliphatic rings. The second kappa shape index (κ2) is 10.2. The molecule has 1 aliphatic heterocycles. The Bertz CT molecular complexity index is 1270. The van der Waals surface area contributed by atoms with Crippen molar-refractivity contribution in [3.05, 3.63) is 82.9 Å². The highest BCUT2D eigenvalue weighted by Crippen LogP contribution is 2.32. The highest BCUT2D eigenvalue weighted by atomic mass is 35.5. The Labute approximate surface area is 208 Å². The van der Waals surface area contributed by atoms with Crippen molar-refractivity contribution in [2.75, 3.05) is 26.2 Å². The molecule has 1 aromatic heterocycles. The number of nitrogens with zero attached hydrogens (tertiary/aromatic N) is 4. The average molecular weight is 525 g/mol. The van der Waals surface area contributed by atoms with E-state index in [0.29, 0.717) is 61.0 Å². The van der Waals surface area contributed by atoms with E-state index in [0.717, 1.165) is 4.68 Å². The highest BCUT2D eigenvalue weighted by Gasteiger charge is 2.39. The normalized spacial score (nSPS) is 14.6. The van der Waals surface area contributed by atoms with Gasteiger partial charge in [-0.05, 0) is 42.0 Å². The number of hydrogen-bond acceptors (Lipinski definition) is 5. The molecule has 36 heavy (non-hydrogen) atoms. The predicted octanol–water partition coefficient (Wildman–Crippen LogP) is 5.43. The SMILES string of the molecule is C=C(N1CCN(Cc2cc(F)cc(Oc3ccc(Cl)cc3)c2)CC1)n1cc(C(F)(F)F)c(C(=O)O)n1. The molecule has 0 amide bonds. The first kappa shape index (κ1) is 25.5. The van der Waals surface area contributed by atoms with E-state index >= 15 is 0 Å². The van der Waals surface area contributed by atoms with Crippen LogP contribution in [0.2, 0.25) is 5.02 Å². The molecule has 2 aromatic carbocycles. The Morgan fingerprint density at radius 2 is 1.75 bits per heavy atom. The van der Waals surface area contributed by atoms with Crippen molar-refractivity contribution in [1.82, 2.24) is 19.6 Å². The molecule has 3 aromatic rings. The van der Waals surface area contributed by atoms with E-state index in [1.807, 2.05) is 0 Å². The number of carboxylic acid groups (broad SMARTS) is 1. The fourth-order valence-electron chi connectivity index (χ4n) is 3.85. The summed E-state index contributed by atoms with van der Waals surface area (Å²) in [5.41, 5.74) is -1.72. The van der Waals surface area contributed by atoms with Gasteiger partial charge in [-0.25, -0.2) is 13.9 Å². The second-order valence-electron chi connectivity index (χ2n) is 8.17. The van der Waals surface area contributed by atoms with Crippen LogP contribution in [0.25, 0.3) is 5.82 Å². The minimum Gasteiger partial charge on any atom is -0.476 e. The molecule has 12 heteroatoms. The number of halogens is 5. The van der Waals surface area contributed by atoms with E-state index in [1.165, 1.54) is 12.1 Å². The molecule has 0 atom stereocenters. The van der Waals surface area contributed by atoms with Crippen LogP contribution in [-0.4, -0.2) is 56.8 Å². The van der Waals surface area contributed by atoms with Crippen LogP contribution in [0.4, 0.5) is 17.6 Å². The molecule has 0 saturated carbocycles.